The van der Waals surface area contributed by atoms with Crippen LogP contribution in [-0.4, -0.2) is 36.3 Å². The van der Waals surface area contributed by atoms with E-state index in [0.29, 0.717) is 18.9 Å². The Bertz CT molecular complexity index is 370. The summed E-state index contributed by atoms with van der Waals surface area (Å²) in [7, 11) is 0. The monoisotopic (exact) mass is 265 g/mol. The molecular weight excluding hydrogens is 242 g/mol. The molecule has 4 nitrogen and oxygen atoms in total. The zero-order valence-electron chi connectivity index (χ0n) is 11.7. The summed E-state index contributed by atoms with van der Waals surface area (Å²) in [6.45, 7) is 3.77. The summed E-state index contributed by atoms with van der Waals surface area (Å²) in [6, 6.07) is 0. The van der Waals surface area contributed by atoms with Crippen LogP contribution >= 0.6 is 0 Å². The number of hydrogen-bond acceptors (Lipinski definition) is 4. The van der Waals surface area contributed by atoms with Gasteiger partial charge in [-0.3, -0.25) is 4.79 Å². The highest BCUT2D eigenvalue weighted by Gasteiger charge is 2.26. The minimum Gasteiger partial charge on any atom is -0.462 e. The average molecular weight is 265 g/mol. The van der Waals surface area contributed by atoms with Crippen LogP contribution in [-0.2, 0) is 14.3 Å². The average Bonchev–Trinajstić information content (AvgIpc) is 2.42. The number of ketones is 1. The fourth-order valence-electron chi connectivity index (χ4n) is 2.92. The maximum Gasteiger partial charge on any atom is 0.343 e. The highest BCUT2D eigenvalue weighted by molar-refractivity contribution is 6.17. The first-order valence-electron chi connectivity index (χ1n) is 7.37. The number of carbonyl (C=O) groups excluding carboxylic acids is 2. The fourth-order valence-corrected chi connectivity index (χ4v) is 2.92. The van der Waals surface area contributed by atoms with Gasteiger partial charge in [-0.25, -0.2) is 4.79 Å². The van der Waals surface area contributed by atoms with Gasteiger partial charge in [0.2, 0.25) is 0 Å². The van der Waals surface area contributed by atoms with Gasteiger partial charge >= 0.3 is 5.97 Å². The maximum atomic E-state index is 11.8. The van der Waals surface area contributed by atoms with Crippen LogP contribution in [0.4, 0.5) is 0 Å². The van der Waals surface area contributed by atoms with Gasteiger partial charge in [-0.1, -0.05) is 19.3 Å². The molecule has 1 saturated carbocycles. The van der Waals surface area contributed by atoms with Gasteiger partial charge in [0, 0.05) is 25.7 Å². The normalized spacial score (nSPS) is 21.2. The second-order valence-electron chi connectivity index (χ2n) is 5.44. The quantitative estimate of drug-likeness (QED) is 0.578. The number of carbonyl (C=O) groups is 2. The molecule has 2 rings (SSSR count). The molecule has 1 heterocycles. The van der Waals surface area contributed by atoms with Crippen LogP contribution in [0.25, 0.3) is 0 Å². The highest BCUT2D eigenvalue weighted by atomic mass is 16.5. The van der Waals surface area contributed by atoms with Crippen molar-refractivity contribution in [1.82, 2.24) is 4.90 Å². The summed E-state index contributed by atoms with van der Waals surface area (Å²) in [5.74, 6) is 0.154. The predicted octanol–water partition coefficient (Wildman–Crippen LogP) is 2.29. The van der Waals surface area contributed by atoms with E-state index in [1.54, 1.807) is 13.1 Å². The molecule has 0 unspecified atom stereocenters. The Morgan fingerprint density at radius 3 is 2.79 bits per heavy atom. The van der Waals surface area contributed by atoms with Crippen molar-refractivity contribution in [3.63, 3.8) is 0 Å². The van der Waals surface area contributed by atoms with E-state index in [1.165, 1.54) is 32.1 Å². The van der Waals surface area contributed by atoms with E-state index in [4.69, 9.17) is 4.74 Å². The molecule has 0 saturated heterocycles. The fraction of sp³-hybridized carbons (Fsp3) is 0.733. The lowest BCUT2D eigenvalue weighted by Crippen LogP contribution is -2.34. The summed E-state index contributed by atoms with van der Waals surface area (Å²) in [5.41, 5.74) is 0.226. The minimum atomic E-state index is -0.471. The molecule has 0 bridgehead atoms. The van der Waals surface area contributed by atoms with E-state index in [1.807, 2.05) is 0 Å². The molecule has 0 radical (unpaired) electrons. The number of rotatable bonds is 4. The third-order valence-electron chi connectivity index (χ3n) is 3.95. The lowest BCUT2D eigenvalue weighted by Gasteiger charge is -2.31. The van der Waals surface area contributed by atoms with Crippen molar-refractivity contribution in [2.24, 2.45) is 5.92 Å². The predicted molar refractivity (Wildman–Crippen MR) is 72.5 cm³/mol. The van der Waals surface area contributed by atoms with E-state index in [2.05, 4.69) is 4.90 Å². The molecular formula is C15H23NO3. The minimum absolute atomic E-state index is 0.0849. The second-order valence-corrected chi connectivity index (χ2v) is 5.44. The molecule has 0 spiro atoms. The van der Waals surface area contributed by atoms with Crippen LogP contribution in [0.2, 0.25) is 0 Å². The van der Waals surface area contributed by atoms with E-state index >= 15 is 0 Å². The summed E-state index contributed by atoms with van der Waals surface area (Å²) in [6.07, 6.45) is 8.66. The molecule has 2 aliphatic rings. The highest BCUT2D eigenvalue weighted by Crippen LogP contribution is 2.25. The second kappa shape index (κ2) is 6.73. The smallest absolute Gasteiger partial charge is 0.343 e. The Balaban J connectivity index is 1.97. The first-order chi connectivity index (χ1) is 9.20. The molecule has 1 aliphatic heterocycles. The SMILES string of the molecule is CCOC(=O)C1=CN(CC2CCCCC2)CCC1=O. The van der Waals surface area contributed by atoms with Crippen LogP contribution in [0.15, 0.2) is 11.8 Å². The van der Waals surface area contributed by atoms with E-state index in [-0.39, 0.29) is 11.4 Å². The Morgan fingerprint density at radius 1 is 1.37 bits per heavy atom. The molecule has 0 aromatic heterocycles. The third kappa shape index (κ3) is 3.82. The third-order valence-corrected chi connectivity index (χ3v) is 3.95. The first-order valence-corrected chi connectivity index (χ1v) is 7.37. The van der Waals surface area contributed by atoms with Crippen LogP contribution < -0.4 is 0 Å². The van der Waals surface area contributed by atoms with Gasteiger partial charge in [0.25, 0.3) is 0 Å². The molecule has 0 N–H and O–H groups in total. The lowest BCUT2D eigenvalue weighted by atomic mass is 9.88. The van der Waals surface area contributed by atoms with Gasteiger partial charge in [0.1, 0.15) is 5.57 Å². The van der Waals surface area contributed by atoms with E-state index in [0.717, 1.165) is 13.1 Å². The van der Waals surface area contributed by atoms with Crippen molar-refractivity contribution in [1.29, 1.82) is 0 Å². The van der Waals surface area contributed by atoms with Crippen molar-refractivity contribution in [3.8, 4) is 0 Å². The molecule has 106 valence electrons. The largest absolute Gasteiger partial charge is 0.462 e. The summed E-state index contributed by atoms with van der Waals surface area (Å²) in [4.78, 5) is 25.6. The molecule has 1 fully saturated rings. The molecule has 0 atom stereocenters. The lowest BCUT2D eigenvalue weighted by molar-refractivity contribution is -0.140. The van der Waals surface area contributed by atoms with Gasteiger partial charge in [-0.05, 0) is 25.7 Å². The Morgan fingerprint density at radius 2 is 2.11 bits per heavy atom. The zero-order valence-corrected chi connectivity index (χ0v) is 11.7. The molecule has 0 aromatic rings. The van der Waals surface area contributed by atoms with E-state index in [9.17, 15) is 9.59 Å². The number of nitrogens with zero attached hydrogens (tertiary/aromatic N) is 1. The topological polar surface area (TPSA) is 46.6 Å². The van der Waals surface area contributed by atoms with Gasteiger partial charge in [-0.15, -0.1) is 0 Å². The Kier molecular flexibility index (Phi) is 5.00. The van der Waals surface area contributed by atoms with Gasteiger partial charge in [-0.2, -0.15) is 0 Å². The summed E-state index contributed by atoms with van der Waals surface area (Å²) >= 11 is 0. The summed E-state index contributed by atoms with van der Waals surface area (Å²) < 4.78 is 4.94. The van der Waals surface area contributed by atoms with E-state index < -0.39 is 5.97 Å². The number of Topliss-reactive ketones (excluding diaryl/α,β-unsaturated/α-hetero) is 1. The van der Waals surface area contributed by atoms with Crippen LogP contribution in [0.5, 0.6) is 0 Å². The summed E-state index contributed by atoms with van der Waals surface area (Å²) in [5, 5.41) is 0. The van der Waals surface area contributed by atoms with Gasteiger partial charge in [0.05, 0.1) is 6.61 Å². The van der Waals surface area contributed by atoms with Crippen molar-refractivity contribution in [3.05, 3.63) is 11.8 Å². The van der Waals surface area contributed by atoms with Crippen molar-refractivity contribution in [2.75, 3.05) is 19.7 Å². The Hall–Kier alpha value is -1.32. The Labute approximate surface area is 114 Å². The molecule has 1 aliphatic carbocycles. The van der Waals surface area contributed by atoms with Crippen molar-refractivity contribution in [2.45, 2.75) is 45.4 Å². The van der Waals surface area contributed by atoms with Crippen LogP contribution in [0.1, 0.15) is 45.4 Å². The zero-order chi connectivity index (χ0) is 13.7. The molecule has 4 heteroatoms. The maximum absolute atomic E-state index is 11.8. The molecule has 0 amide bonds. The molecule has 0 aromatic carbocycles. The van der Waals surface area contributed by atoms with Crippen LogP contribution in [0.3, 0.4) is 0 Å². The van der Waals surface area contributed by atoms with Crippen molar-refractivity contribution >= 4 is 11.8 Å². The van der Waals surface area contributed by atoms with Crippen LogP contribution in [0, 0.1) is 5.92 Å². The number of esters is 1. The number of ether oxygens (including phenoxy) is 1. The number of hydrogen-bond donors (Lipinski definition) is 0. The first kappa shape index (κ1) is 14.1. The van der Waals surface area contributed by atoms with Gasteiger partial charge < -0.3 is 9.64 Å². The standard InChI is InChI=1S/C15H23NO3/c1-2-19-15(18)13-11-16(9-8-14(13)17)10-12-6-4-3-5-7-12/h11-12H,2-10H2,1H3. The van der Waals surface area contributed by atoms with Gasteiger partial charge in [0.15, 0.2) is 5.78 Å². The van der Waals surface area contributed by atoms with Crippen molar-refractivity contribution < 1.29 is 14.3 Å². The molecule has 19 heavy (non-hydrogen) atoms.